The standard InChI is InChI=1S/C9H18N2O/c1-4-11(5-2)9(12)8-6-7-10(8)3/h8H,4-7H2,1-3H3/t8-/m0/s1. The maximum absolute atomic E-state index is 11.7. The SMILES string of the molecule is CCN(CC)C(=O)[C@@H]1CCN1C. The van der Waals surface area contributed by atoms with Crippen molar-refractivity contribution in [2.24, 2.45) is 0 Å². The van der Waals surface area contributed by atoms with E-state index in [-0.39, 0.29) is 6.04 Å². The first-order valence-electron chi connectivity index (χ1n) is 4.69. The van der Waals surface area contributed by atoms with E-state index in [4.69, 9.17) is 0 Å². The highest BCUT2D eigenvalue weighted by Crippen LogP contribution is 2.16. The Kier molecular flexibility index (Phi) is 3.09. The monoisotopic (exact) mass is 170 g/mol. The molecular weight excluding hydrogens is 152 g/mol. The van der Waals surface area contributed by atoms with Crippen LogP contribution in [0.4, 0.5) is 0 Å². The Bertz CT molecular complexity index is 159. The van der Waals surface area contributed by atoms with Gasteiger partial charge >= 0.3 is 0 Å². The van der Waals surface area contributed by atoms with Gasteiger partial charge in [-0.05, 0) is 27.3 Å². The number of amides is 1. The van der Waals surface area contributed by atoms with Crippen LogP contribution in [0.25, 0.3) is 0 Å². The summed E-state index contributed by atoms with van der Waals surface area (Å²) in [5, 5.41) is 0. The number of hydrogen-bond acceptors (Lipinski definition) is 2. The Labute approximate surface area is 74.3 Å². The predicted molar refractivity (Wildman–Crippen MR) is 49.0 cm³/mol. The highest BCUT2D eigenvalue weighted by molar-refractivity contribution is 5.82. The van der Waals surface area contributed by atoms with Crippen LogP contribution in [0, 0.1) is 0 Å². The summed E-state index contributed by atoms with van der Waals surface area (Å²) < 4.78 is 0. The molecule has 0 aromatic rings. The third-order valence-electron chi connectivity index (χ3n) is 2.65. The minimum atomic E-state index is 0.171. The second kappa shape index (κ2) is 3.90. The maximum Gasteiger partial charge on any atom is 0.239 e. The molecular formula is C9H18N2O. The summed E-state index contributed by atoms with van der Waals surface area (Å²) >= 11 is 0. The Morgan fingerprint density at radius 1 is 1.50 bits per heavy atom. The molecule has 1 saturated heterocycles. The molecule has 0 bridgehead atoms. The first kappa shape index (κ1) is 9.52. The summed E-state index contributed by atoms with van der Waals surface area (Å²) in [6.45, 7) is 6.79. The van der Waals surface area contributed by atoms with Gasteiger partial charge in [0.15, 0.2) is 0 Å². The van der Waals surface area contributed by atoms with Crippen molar-refractivity contribution in [1.82, 2.24) is 9.80 Å². The van der Waals surface area contributed by atoms with Gasteiger partial charge in [0, 0.05) is 19.6 Å². The average molecular weight is 170 g/mol. The van der Waals surface area contributed by atoms with Crippen molar-refractivity contribution < 1.29 is 4.79 Å². The molecule has 0 aromatic carbocycles. The molecule has 0 spiro atoms. The minimum Gasteiger partial charge on any atom is -0.342 e. The Morgan fingerprint density at radius 3 is 2.33 bits per heavy atom. The van der Waals surface area contributed by atoms with E-state index < -0.39 is 0 Å². The van der Waals surface area contributed by atoms with E-state index in [2.05, 4.69) is 4.90 Å². The zero-order valence-corrected chi connectivity index (χ0v) is 8.21. The number of carbonyl (C=O) groups excluding carboxylic acids is 1. The van der Waals surface area contributed by atoms with Gasteiger partial charge in [-0.15, -0.1) is 0 Å². The molecule has 0 radical (unpaired) electrons. The van der Waals surface area contributed by atoms with Crippen molar-refractivity contribution in [3.8, 4) is 0 Å². The molecule has 1 fully saturated rings. The van der Waals surface area contributed by atoms with Crippen LogP contribution in [0.1, 0.15) is 20.3 Å². The smallest absolute Gasteiger partial charge is 0.239 e. The van der Waals surface area contributed by atoms with Crippen molar-refractivity contribution in [2.45, 2.75) is 26.3 Å². The summed E-state index contributed by atoms with van der Waals surface area (Å²) in [5.41, 5.74) is 0. The molecule has 3 heteroatoms. The van der Waals surface area contributed by atoms with Crippen molar-refractivity contribution in [2.75, 3.05) is 26.7 Å². The van der Waals surface area contributed by atoms with Gasteiger partial charge in [0.05, 0.1) is 6.04 Å². The van der Waals surface area contributed by atoms with E-state index in [9.17, 15) is 4.79 Å². The highest BCUT2D eigenvalue weighted by atomic mass is 16.2. The van der Waals surface area contributed by atoms with Crippen LogP contribution in [0.3, 0.4) is 0 Å². The fourth-order valence-corrected chi connectivity index (χ4v) is 1.57. The molecule has 1 atom stereocenters. The van der Waals surface area contributed by atoms with Gasteiger partial charge in [0.2, 0.25) is 5.91 Å². The van der Waals surface area contributed by atoms with Gasteiger partial charge in [0.25, 0.3) is 0 Å². The second-order valence-electron chi connectivity index (χ2n) is 3.30. The van der Waals surface area contributed by atoms with E-state index >= 15 is 0 Å². The summed E-state index contributed by atoms with van der Waals surface area (Å²) in [4.78, 5) is 15.7. The largest absolute Gasteiger partial charge is 0.342 e. The molecule has 12 heavy (non-hydrogen) atoms. The molecule has 1 aliphatic heterocycles. The number of hydrogen-bond donors (Lipinski definition) is 0. The Morgan fingerprint density at radius 2 is 2.08 bits per heavy atom. The predicted octanol–water partition coefficient (Wildman–Crippen LogP) is 0.559. The lowest BCUT2D eigenvalue weighted by Gasteiger charge is -2.39. The zero-order valence-electron chi connectivity index (χ0n) is 8.21. The average Bonchev–Trinajstić information content (AvgIpc) is 2.04. The topological polar surface area (TPSA) is 23.6 Å². The molecule has 0 aliphatic carbocycles. The minimum absolute atomic E-state index is 0.171. The number of carbonyl (C=O) groups is 1. The molecule has 1 heterocycles. The van der Waals surface area contributed by atoms with Crippen molar-refractivity contribution >= 4 is 5.91 Å². The van der Waals surface area contributed by atoms with Gasteiger partial charge in [-0.2, -0.15) is 0 Å². The number of likely N-dealkylation sites (tertiary alicyclic amines) is 1. The van der Waals surface area contributed by atoms with E-state index in [1.807, 2.05) is 25.8 Å². The number of rotatable bonds is 3. The van der Waals surface area contributed by atoms with Crippen LogP contribution in [0.15, 0.2) is 0 Å². The molecule has 0 saturated carbocycles. The molecule has 0 aromatic heterocycles. The molecule has 0 unspecified atom stereocenters. The lowest BCUT2D eigenvalue weighted by molar-refractivity contribution is -0.140. The maximum atomic E-state index is 11.7. The van der Waals surface area contributed by atoms with Crippen molar-refractivity contribution in [3.63, 3.8) is 0 Å². The van der Waals surface area contributed by atoms with Gasteiger partial charge in [-0.1, -0.05) is 0 Å². The third kappa shape index (κ3) is 1.61. The van der Waals surface area contributed by atoms with Crippen LogP contribution >= 0.6 is 0 Å². The molecule has 70 valence electrons. The van der Waals surface area contributed by atoms with E-state index in [0.29, 0.717) is 5.91 Å². The van der Waals surface area contributed by atoms with Crippen LogP contribution in [-0.4, -0.2) is 48.4 Å². The van der Waals surface area contributed by atoms with Gasteiger partial charge in [-0.25, -0.2) is 0 Å². The quantitative estimate of drug-likeness (QED) is 0.618. The summed E-state index contributed by atoms with van der Waals surface area (Å²) in [5.74, 6) is 0.300. The first-order chi connectivity index (χ1) is 5.70. The summed E-state index contributed by atoms with van der Waals surface area (Å²) in [7, 11) is 2.01. The second-order valence-corrected chi connectivity index (χ2v) is 3.30. The molecule has 1 rings (SSSR count). The van der Waals surface area contributed by atoms with Crippen LogP contribution < -0.4 is 0 Å². The van der Waals surface area contributed by atoms with Gasteiger partial charge in [0.1, 0.15) is 0 Å². The van der Waals surface area contributed by atoms with E-state index in [1.165, 1.54) is 0 Å². The number of nitrogens with zero attached hydrogens (tertiary/aromatic N) is 2. The van der Waals surface area contributed by atoms with Crippen LogP contribution in [0.2, 0.25) is 0 Å². The van der Waals surface area contributed by atoms with E-state index in [0.717, 1.165) is 26.1 Å². The molecule has 3 nitrogen and oxygen atoms in total. The molecule has 1 aliphatic rings. The van der Waals surface area contributed by atoms with Gasteiger partial charge in [-0.3, -0.25) is 9.69 Å². The highest BCUT2D eigenvalue weighted by Gasteiger charge is 2.32. The lowest BCUT2D eigenvalue weighted by Crippen LogP contribution is -2.55. The third-order valence-corrected chi connectivity index (χ3v) is 2.65. The number of likely N-dealkylation sites (N-methyl/N-ethyl adjacent to an activating group) is 2. The fourth-order valence-electron chi connectivity index (χ4n) is 1.57. The van der Waals surface area contributed by atoms with E-state index in [1.54, 1.807) is 0 Å². The van der Waals surface area contributed by atoms with Crippen LogP contribution in [-0.2, 0) is 4.79 Å². The normalized spacial score (nSPS) is 23.4. The van der Waals surface area contributed by atoms with Gasteiger partial charge < -0.3 is 4.90 Å². The summed E-state index contributed by atoms with van der Waals surface area (Å²) in [6.07, 6.45) is 1.03. The van der Waals surface area contributed by atoms with Crippen molar-refractivity contribution in [3.05, 3.63) is 0 Å². The molecule has 0 N–H and O–H groups in total. The Hall–Kier alpha value is -0.570. The zero-order chi connectivity index (χ0) is 9.14. The fraction of sp³-hybridized carbons (Fsp3) is 0.889. The Balaban J connectivity index is 2.45. The molecule has 1 amide bonds. The van der Waals surface area contributed by atoms with Crippen molar-refractivity contribution in [1.29, 1.82) is 0 Å². The summed E-state index contributed by atoms with van der Waals surface area (Å²) in [6, 6.07) is 0.171. The van der Waals surface area contributed by atoms with Crippen LogP contribution in [0.5, 0.6) is 0 Å². The first-order valence-corrected chi connectivity index (χ1v) is 4.69. The lowest BCUT2D eigenvalue weighted by atomic mass is 10.0.